The molecule has 4 nitrogen and oxygen atoms in total. The van der Waals surface area contributed by atoms with Crippen molar-refractivity contribution in [1.29, 1.82) is 0 Å². The lowest BCUT2D eigenvalue weighted by Gasteiger charge is -2.22. The Morgan fingerprint density at radius 2 is 1.90 bits per heavy atom. The number of nitrogens with one attached hydrogen (secondary N) is 2. The summed E-state index contributed by atoms with van der Waals surface area (Å²) in [5.41, 5.74) is -0.145. The van der Waals surface area contributed by atoms with E-state index < -0.39 is 0 Å². The average Bonchev–Trinajstić information content (AvgIpc) is 3.17. The minimum atomic E-state index is -0.145. The molecule has 2 N–H and O–H groups in total. The number of ether oxygens (including phenoxy) is 1. The van der Waals surface area contributed by atoms with Crippen molar-refractivity contribution in [3.63, 3.8) is 0 Å². The van der Waals surface area contributed by atoms with Crippen LogP contribution in [0.5, 0.6) is 0 Å². The molecule has 2 aliphatic carbocycles. The molecule has 4 heteroatoms. The predicted molar refractivity (Wildman–Crippen MR) is 85.2 cm³/mol. The zero-order valence-corrected chi connectivity index (χ0v) is 13.9. The molecule has 2 fully saturated rings. The van der Waals surface area contributed by atoms with E-state index in [0.717, 1.165) is 32.0 Å². The second-order valence-corrected chi connectivity index (χ2v) is 7.63. The van der Waals surface area contributed by atoms with Gasteiger partial charge in [0.2, 0.25) is 5.91 Å². The first-order chi connectivity index (χ1) is 9.96. The van der Waals surface area contributed by atoms with Crippen molar-refractivity contribution < 1.29 is 9.53 Å². The molecule has 2 rings (SSSR count). The molecule has 0 radical (unpaired) electrons. The van der Waals surface area contributed by atoms with Crippen LogP contribution in [0.15, 0.2) is 0 Å². The van der Waals surface area contributed by atoms with E-state index in [0.29, 0.717) is 0 Å². The van der Waals surface area contributed by atoms with Crippen molar-refractivity contribution in [1.82, 2.24) is 10.6 Å². The van der Waals surface area contributed by atoms with E-state index >= 15 is 0 Å². The topological polar surface area (TPSA) is 50.4 Å². The number of hydrogen-bond donors (Lipinski definition) is 2. The first-order valence-corrected chi connectivity index (χ1v) is 8.63. The highest BCUT2D eigenvalue weighted by atomic mass is 16.5. The van der Waals surface area contributed by atoms with Crippen molar-refractivity contribution in [3.05, 3.63) is 0 Å². The molecule has 0 saturated heterocycles. The van der Waals surface area contributed by atoms with Gasteiger partial charge < -0.3 is 15.4 Å². The predicted octanol–water partition coefficient (Wildman–Crippen LogP) is 2.62. The molecule has 0 spiro atoms. The lowest BCUT2D eigenvalue weighted by atomic mass is 9.95. The van der Waals surface area contributed by atoms with Gasteiger partial charge in [-0.05, 0) is 53.0 Å². The van der Waals surface area contributed by atoms with Crippen molar-refractivity contribution in [2.45, 2.75) is 83.4 Å². The van der Waals surface area contributed by atoms with Gasteiger partial charge in [-0.3, -0.25) is 4.79 Å². The second-order valence-electron chi connectivity index (χ2n) is 7.63. The standard InChI is InChI=1S/C17H32N2O2/c1-17(2,3)19-16(20)14-12-15(14)21-11-7-10-18-13-8-5-4-6-9-13/h13-15,18H,4-12H2,1-3H3,(H,19,20)/t14-,15-/m1/s1. The molecule has 0 bridgehead atoms. The Morgan fingerprint density at radius 3 is 2.57 bits per heavy atom. The monoisotopic (exact) mass is 296 g/mol. The molecule has 0 aromatic carbocycles. The van der Waals surface area contributed by atoms with E-state index in [2.05, 4.69) is 10.6 Å². The molecule has 21 heavy (non-hydrogen) atoms. The van der Waals surface area contributed by atoms with Gasteiger partial charge in [0.25, 0.3) is 0 Å². The van der Waals surface area contributed by atoms with Crippen molar-refractivity contribution in [3.8, 4) is 0 Å². The summed E-state index contributed by atoms with van der Waals surface area (Å²) in [5, 5.41) is 6.65. The molecule has 122 valence electrons. The fourth-order valence-corrected chi connectivity index (χ4v) is 3.01. The fraction of sp³-hybridized carbons (Fsp3) is 0.941. The van der Waals surface area contributed by atoms with Crippen LogP contribution in [-0.2, 0) is 9.53 Å². The Bertz CT molecular complexity index is 332. The lowest BCUT2D eigenvalue weighted by molar-refractivity contribution is -0.124. The highest BCUT2D eigenvalue weighted by Gasteiger charge is 2.44. The molecule has 2 atom stereocenters. The van der Waals surface area contributed by atoms with Crippen LogP contribution >= 0.6 is 0 Å². The summed E-state index contributed by atoms with van der Waals surface area (Å²) in [5.74, 6) is 0.225. The molecule has 1 amide bonds. The molecule has 2 aliphatic rings. The maximum Gasteiger partial charge on any atom is 0.226 e. The van der Waals surface area contributed by atoms with Crippen molar-refractivity contribution in [2.75, 3.05) is 13.2 Å². The first-order valence-electron chi connectivity index (χ1n) is 8.63. The van der Waals surface area contributed by atoms with Crippen LogP contribution in [0.3, 0.4) is 0 Å². The minimum Gasteiger partial charge on any atom is -0.377 e. The summed E-state index contributed by atoms with van der Waals surface area (Å²) in [4.78, 5) is 11.9. The second kappa shape index (κ2) is 7.59. The van der Waals surface area contributed by atoms with Crippen LogP contribution in [0.1, 0.15) is 65.7 Å². The number of hydrogen-bond acceptors (Lipinski definition) is 3. The molecule has 0 heterocycles. The smallest absolute Gasteiger partial charge is 0.226 e. The van der Waals surface area contributed by atoms with Crippen LogP contribution < -0.4 is 10.6 Å². The third-order valence-electron chi connectivity index (χ3n) is 4.26. The van der Waals surface area contributed by atoms with E-state index in [-0.39, 0.29) is 23.5 Å². The van der Waals surface area contributed by atoms with E-state index in [1.807, 2.05) is 20.8 Å². The zero-order valence-electron chi connectivity index (χ0n) is 13.9. The summed E-state index contributed by atoms with van der Waals surface area (Å²) in [7, 11) is 0. The van der Waals surface area contributed by atoms with Crippen LogP contribution in [0.4, 0.5) is 0 Å². The van der Waals surface area contributed by atoms with E-state index in [9.17, 15) is 4.79 Å². The van der Waals surface area contributed by atoms with E-state index in [1.165, 1.54) is 32.1 Å². The lowest BCUT2D eigenvalue weighted by Crippen LogP contribution is -2.42. The van der Waals surface area contributed by atoms with Gasteiger partial charge in [0.1, 0.15) is 0 Å². The highest BCUT2D eigenvalue weighted by Crippen LogP contribution is 2.34. The van der Waals surface area contributed by atoms with Gasteiger partial charge in [0.15, 0.2) is 0 Å². The number of carbonyl (C=O) groups is 1. The summed E-state index contributed by atoms with van der Waals surface area (Å²) < 4.78 is 5.79. The van der Waals surface area contributed by atoms with Crippen LogP contribution in [0, 0.1) is 5.92 Å². The van der Waals surface area contributed by atoms with Crippen molar-refractivity contribution in [2.24, 2.45) is 5.92 Å². The SMILES string of the molecule is CC(C)(C)NC(=O)[C@@H]1C[C@H]1OCCCNC1CCCCC1. The maximum absolute atomic E-state index is 11.9. The molecular weight excluding hydrogens is 264 g/mol. The largest absolute Gasteiger partial charge is 0.377 e. The Kier molecular flexibility index (Phi) is 6.06. The summed E-state index contributed by atoms with van der Waals surface area (Å²) in [6.07, 6.45) is 8.90. The van der Waals surface area contributed by atoms with Crippen LogP contribution in [0.2, 0.25) is 0 Å². The van der Waals surface area contributed by atoms with Gasteiger partial charge >= 0.3 is 0 Å². The van der Waals surface area contributed by atoms with Crippen molar-refractivity contribution >= 4 is 5.91 Å². The number of amides is 1. The van der Waals surface area contributed by atoms with Gasteiger partial charge in [-0.1, -0.05) is 19.3 Å². The Hall–Kier alpha value is -0.610. The molecular formula is C17H32N2O2. The Morgan fingerprint density at radius 1 is 1.19 bits per heavy atom. The minimum absolute atomic E-state index is 0.0792. The van der Waals surface area contributed by atoms with Gasteiger partial charge in [-0.15, -0.1) is 0 Å². The maximum atomic E-state index is 11.9. The summed E-state index contributed by atoms with van der Waals surface area (Å²) in [6, 6.07) is 0.727. The Labute approximate surface area is 129 Å². The van der Waals surface area contributed by atoms with E-state index in [1.54, 1.807) is 0 Å². The summed E-state index contributed by atoms with van der Waals surface area (Å²) >= 11 is 0. The van der Waals surface area contributed by atoms with Crippen LogP contribution in [-0.4, -0.2) is 36.7 Å². The highest BCUT2D eigenvalue weighted by molar-refractivity contribution is 5.82. The normalized spacial score (nSPS) is 26.6. The molecule has 0 aliphatic heterocycles. The number of carbonyl (C=O) groups excluding carboxylic acids is 1. The van der Waals surface area contributed by atoms with Gasteiger partial charge in [-0.2, -0.15) is 0 Å². The first kappa shape index (κ1) is 16.8. The third-order valence-corrected chi connectivity index (χ3v) is 4.26. The van der Waals surface area contributed by atoms with E-state index in [4.69, 9.17) is 4.74 Å². The average molecular weight is 296 g/mol. The molecule has 2 saturated carbocycles. The quantitative estimate of drug-likeness (QED) is 0.710. The van der Waals surface area contributed by atoms with Gasteiger partial charge in [0.05, 0.1) is 12.0 Å². The Balaban J connectivity index is 1.48. The van der Waals surface area contributed by atoms with Gasteiger partial charge in [0, 0.05) is 18.2 Å². The van der Waals surface area contributed by atoms with Crippen LogP contribution in [0.25, 0.3) is 0 Å². The van der Waals surface area contributed by atoms with Gasteiger partial charge in [-0.25, -0.2) is 0 Å². The number of rotatable bonds is 7. The summed E-state index contributed by atoms with van der Waals surface area (Å²) in [6.45, 7) is 7.85. The molecule has 0 aromatic rings. The molecule has 0 aromatic heterocycles. The third kappa shape index (κ3) is 6.35. The fourth-order valence-electron chi connectivity index (χ4n) is 3.01. The molecule has 0 unspecified atom stereocenters. The zero-order chi connectivity index (χ0) is 15.3.